The zero-order valence-electron chi connectivity index (χ0n) is 14.3. The van der Waals surface area contributed by atoms with E-state index in [4.69, 9.17) is 14.0 Å². The van der Waals surface area contributed by atoms with Crippen molar-refractivity contribution in [2.45, 2.75) is 31.7 Å². The Morgan fingerprint density at radius 1 is 1.24 bits per heavy atom. The number of aryl methyl sites for hydroxylation is 1. The van der Waals surface area contributed by atoms with Crippen LogP contribution in [0.1, 0.15) is 35.4 Å². The third kappa shape index (κ3) is 3.09. The highest BCUT2D eigenvalue weighted by Crippen LogP contribution is 2.30. The molecule has 0 unspecified atom stereocenters. The van der Waals surface area contributed by atoms with Crippen LogP contribution in [0.2, 0.25) is 0 Å². The normalized spacial score (nSPS) is 16.5. The monoisotopic (exact) mass is 340 g/mol. The second-order valence-electron chi connectivity index (χ2n) is 6.14. The SMILES string of the molecule is COc1ccc(Cc2noc([C@@H]3CCn4ccnc4C3)n2)cc1OC. The number of ether oxygens (including phenoxy) is 2. The minimum absolute atomic E-state index is 0.238. The molecule has 3 heterocycles. The van der Waals surface area contributed by atoms with Crippen molar-refractivity contribution < 1.29 is 14.0 Å². The van der Waals surface area contributed by atoms with Gasteiger partial charge in [0, 0.05) is 37.7 Å². The number of methoxy groups -OCH3 is 2. The summed E-state index contributed by atoms with van der Waals surface area (Å²) in [5, 5.41) is 4.14. The lowest BCUT2D eigenvalue weighted by atomic mass is 9.98. The molecule has 1 aliphatic rings. The number of hydrogen-bond acceptors (Lipinski definition) is 6. The fraction of sp³-hybridized carbons (Fsp3) is 0.389. The number of benzene rings is 1. The van der Waals surface area contributed by atoms with Crippen LogP contribution in [0.5, 0.6) is 11.5 Å². The highest BCUT2D eigenvalue weighted by molar-refractivity contribution is 5.43. The van der Waals surface area contributed by atoms with E-state index in [0.717, 1.165) is 30.8 Å². The number of fused-ring (bicyclic) bond motifs is 1. The molecule has 25 heavy (non-hydrogen) atoms. The van der Waals surface area contributed by atoms with E-state index in [9.17, 15) is 0 Å². The summed E-state index contributed by atoms with van der Waals surface area (Å²) in [6.45, 7) is 0.938. The first-order valence-corrected chi connectivity index (χ1v) is 8.30. The maximum Gasteiger partial charge on any atom is 0.230 e. The first-order valence-electron chi connectivity index (χ1n) is 8.30. The van der Waals surface area contributed by atoms with Gasteiger partial charge in [-0.1, -0.05) is 11.2 Å². The Hall–Kier alpha value is -2.83. The molecular weight excluding hydrogens is 320 g/mol. The fourth-order valence-electron chi connectivity index (χ4n) is 3.24. The first-order chi connectivity index (χ1) is 12.3. The van der Waals surface area contributed by atoms with Gasteiger partial charge in [0.2, 0.25) is 5.89 Å². The molecule has 3 aromatic rings. The summed E-state index contributed by atoms with van der Waals surface area (Å²) in [5.41, 5.74) is 1.05. The van der Waals surface area contributed by atoms with Gasteiger partial charge in [-0.15, -0.1) is 0 Å². The lowest BCUT2D eigenvalue weighted by Gasteiger charge is -2.19. The highest BCUT2D eigenvalue weighted by atomic mass is 16.5. The topological polar surface area (TPSA) is 75.2 Å². The number of nitrogens with zero attached hydrogens (tertiary/aromatic N) is 4. The summed E-state index contributed by atoms with van der Waals surface area (Å²) in [4.78, 5) is 8.99. The smallest absolute Gasteiger partial charge is 0.230 e. The van der Waals surface area contributed by atoms with Crippen LogP contribution >= 0.6 is 0 Å². The molecule has 2 aromatic heterocycles. The van der Waals surface area contributed by atoms with Gasteiger partial charge in [-0.2, -0.15) is 4.98 Å². The standard InChI is InChI=1S/C18H20N4O3/c1-23-14-4-3-12(9-15(14)24-2)10-16-20-18(25-21-16)13-5-7-22-8-6-19-17(22)11-13/h3-4,6,8-9,13H,5,7,10-11H2,1-2H3/t13-/m1/s1. The molecular formula is C18H20N4O3. The predicted molar refractivity (Wildman–Crippen MR) is 89.9 cm³/mol. The van der Waals surface area contributed by atoms with Gasteiger partial charge >= 0.3 is 0 Å². The third-order valence-corrected chi connectivity index (χ3v) is 4.59. The fourth-order valence-corrected chi connectivity index (χ4v) is 3.24. The second kappa shape index (κ2) is 6.58. The van der Waals surface area contributed by atoms with Crippen molar-refractivity contribution in [3.63, 3.8) is 0 Å². The van der Waals surface area contributed by atoms with Crippen molar-refractivity contribution in [1.82, 2.24) is 19.7 Å². The maximum absolute atomic E-state index is 5.52. The quantitative estimate of drug-likeness (QED) is 0.711. The molecule has 0 N–H and O–H groups in total. The van der Waals surface area contributed by atoms with E-state index in [-0.39, 0.29) is 5.92 Å². The van der Waals surface area contributed by atoms with Crippen molar-refractivity contribution in [3.05, 3.63) is 53.7 Å². The van der Waals surface area contributed by atoms with Gasteiger partial charge in [-0.3, -0.25) is 0 Å². The zero-order chi connectivity index (χ0) is 17.2. The molecule has 7 heteroatoms. The second-order valence-corrected chi connectivity index (χ2v) is 6.14. The van der Waals surface area contributed by atoms with Gasteiger partial charge in [-0.05, 0) is 24.1 Å². The number of rotatable bonds is 5. The van der Waals surface area contributed by atoms with Gasteiger partial charge < -0.3 is 18.6 Å². The van der Waals surface area contributed by atoms with E-state index in [1.807, 2.05) is 30.6 Å². The van der Waals surface area contributed by atoms with Gasteiger partial charge in [-0.25, -0.2) is 4.98 Å². The van der Waals surface area contributed by atoms with Crippen molar-refractivity contribution >= 4 is 0 Å². The van der Waals surface area contributed by atoms with Gasteiger partial charge in [0.05, 0.1) is 14.2 Å². The van der Waals surface area contributed by atoms with Gasteiger partial charge in [0.15, 0.2) is 17.3 Å². The minimum Gasteiger partial charge on any atom is -0.493 e. The molecule has 1 aliphatic heterocycles. The summed E-state index contributed by atoms with van der Waals surface area (Å²) in [5.74, 6) is 4.10. The molecule has 0 fully saturated rings. The molecule has 0 spiro atoms. The Kier molecular flexibility index (Phi) is 4.13. The van der Waals surface area contributed by atoms with E-state index in [1.54, 1.807) is 14.2 Å². The maximum atomic E-state index is 5.52. The molecule has 1 atom stereocenters. The number of hydrogen-bond donors (Lipinski definition) is 0. The van der Waals surface area contributed by atoms with Gasteiger partial charge in [0.25, 0.3) is 0 Å². The van der Waals surface area contributed by atoms with Crippen LogP contribution in [0.25, 0.3) is 0 Å². The van der Waals surface area contributed by atoms with Crippen LogP contribution in [0.4, 0.5) is 0 Å². The minimum atomic E-state index is 0.238. The van der Waals surface area contributed by atoms with Crippen LogP contribution in [0, 0.1) is 0 Å². The number of aromatic nitrogens is 4. The van der Waals surface area contributed by atoms with E-state index in [2.05, 4.69) is 19.7 Å². The van der Waals surface area contributed by atoms with E-state index in [1.165, 1.54) is 0 Å². The highest BCUT2D eigenvalue weighted by Gasteiger charge is 2.25. The summed E-state index contributed by atoms with van der Waals surface area (Å²) >= 11 is 0. The van der Waals surface area contributed by atoms with Crippen LogP contribution in [0.3, 0.4) is 0 Å². The lowest BCUT2D eigenvalue weighted by Crippen LogP contribution is -2.18. The lowest BCUT2D eigenvalue weighted by molar-refractivity contribution is 0.321. The molecule has 7 nitrogen and oxygen atoms in total. The predicted octanol–water partition coefficient (Wildman–Crippen LogP) is 2.60. The van der Waals surface area contributed by atoms with Crippen molar-refractivity contribution in [2.75, 3.05) is 14.2 Å². The van der Waals surface area contributed by atoms with E-state index >= 15 is 0 Å². The number of imidazole rings is 1. The van der Waals surface area contributed by atoms with Crippen LogP contribution in [-0.4, -0.2) is 33.9 Å². The van der Waals surface area contributed by atoms with Crippen molar-refractivity contribution in [1.29, 1.82) is 0 Å². The molecule has 0 saturated heterocycles. The summed E-state index contributed by atoms with van der Waals surface area (Å²) in [6, 6.07) is 5.80. The summed E-state index contributed by atoms with van der Waals surface area (Å²) in [6.07, 6.45) is 6.27. The summed E-state index contributed by atoms with van der Waals surface area (Å²) < 4.78 is 18.3. The molecule has 0 radical (unpaired) electrons. The molecule has 0 aliphatic carbocycles. The molecule has 1 aromatic carbocycles. The average molecular weight is 340 g/mol. The molecule has 4 rings (SSSR count). The Labute approximate surface area is 145 Å². The van der Waals surface area contributed by atoms with Crippen molar-refractivity contribution in [2.24, 2.45) is 0 Å². The summed E-state index contributed by atoms with van der Waals surface area (Å²) in [7, 11) is 3.25. The third-order valence-electron chi connectivity index (χ3n) is 4.59. The molecule has 0 amide bonds. The molecule has 0 saturated carbocycles. The Morgan fingerprint density at radius 2 is 2.12 bits per heavy atom. The average Bonchev–Trinajstić information content (AvgIpc) is 3.30. The van der Waals surface area contributed by atoms with Gasteiger partial charge in [0.1, 0.15) is 5.82 Å². The molecule has 0 bridgehead atoms. The van der Waals surface area contributed by atoms with Crippen LogP contribution in [-0.2, 0) is 19.4 Å². The van der Waals surface area contributed by atoms with Crippen LogP contribution in [0.15, 0.2) is 35.1 Å². The zero-order valence-corrected chi connectivity index (χ0v) is 14.3. The Morgan fingerprint density at radius 3 is 2.96 bits per heavy atom. The van der Waals surface area contributed by atoms with Crippen LogP contribution < -0.4 is 9.47 Å². The van der Waals surface area contributed by atoms with Crippen molar-refractivity contribution in [3.8, 4) is 11.5 Å². The Balaban J connectivity index is 1.49. The molecule has 130 valence electrons. The Bertz CT molecular complexity index is 871. The van der Waals surface area contributed by atoms with E-state index < -0.39 is 0 Å². The first kappa shape index (κ1) is 15.7. The largest absolute Gasteiger partial charge is 0.493 e. The van der Waals surface area contributed by atoms with E-state index in [0.29, 0.717) is 29.6 Å².